The number of hydrogen-bond acceptors (Lipinski definition) is 2. The third kappa shape index (κ3) is 18.0. The van der Waals surface area contributed by atoms with Crippen LogP contribution in [0.3, 0.4) is 0 Å². The van der Waals surface area contributed by atoms with Crippen LogP contribution in [0, 0.1) is 0 Å². The van der Waals surface area contributed by atoms with E-state index in [1.807, 2.05) is 0 Å². The van der Waals surface area contributed by atoms with Crippen molar-refractivity contribution in [3.8, 4) is 0 Å². The predicted molar refractivity (Wildman–Crippen MR) is 21.0 cm³/mol. The van der Waals surface area contributed by atoms with Crippen molar-refractivity contribution in [3.63, 3.8) is 0 Å². The van der Waals surface area contributed by atoms with E-state index >= 15 is 0 Å². The van der Waals surface area contributed by atoms with E-state index in [4.69, 9.17) is 5.11 Å². The number of hydrogen-bond donors (Lipinski definition) is 1. The third-order valence-corrected chi connectivity index (χ3v) is 0.520. The van der Waals surface area contributed by atoms with Gasteiger partial charge in [0.05, 0.1) is 0 Å². The monoisotopic (exact) mass is 166 g/mol. The van der Waals surface area contributed by atoms with E-state index in [9.17, 15) is 0 Å². The van der Waals surface area contributed by atoms with Crippen LogP contribution in [0.4, 0.5) is 0 Å². The fraction of sp³-hybridized carbons (Fsp3) is 1.00. The molecule has 0 fully saturated rings. The molecule has 0 aromatic carbocycles. The Labute approximate surface area is 67.7 Å². The Morgan fingerprint density at radius 3 is 1.67 bits per heavy atom. The summed E-state index contributed by atoms with van der Waals surface area (Å²) in [5.41, 5.74) is 0. The van der Waals surface area contributed by atoms with Gasteiger partial charge in [-0.2, -0.15) is 0 Å². The Kier molecular flexibility index (Phi) is 42.0. The Balaban J connectivity index is -0.0000000450. The quantitative estimate of drug-likeness (QED) is 0.404. The van der Waals surface area contributed by atoms with E-state index in [-0.39, 0.29) is 35.0 Å². The van der Waals surface area contributed by atoms with Gasteiger partial charge in [0.1, 0.15) is 0 Å². The molecule has 0 heterocycles. The maximum Gasteiger partial charge on any atom is 1.00 e. The standard InChI is InChI=1S/C2H6OSe.Na.H2O/c3-1-2-4;;/h3-4H,1-2H2;;1H2/q;+1;/p-1. The summed E-state index contributed by atoms with van der Waals surface area (Å²) >= 11 is 2.29. The normalized spacial score (nSPS) is 5.00. The van der Waals surface area contributed by atoms with Crippen LogP contribution in [0.25, 0.3) is 0 Å². The Bertz CT molecular complexity index is 13.5. The van der Waals surface area contributed by atoms with Gasteiger partial charge in [0.25, 0.3) is 0 Å². The summed E-state index contributed by atoms with van der Waals surface area (Å²) in [4.78, 5) is 0. The molecular formula is C2H7NaO2Se. The van der Waals surface area contributed by atoms with Crippen LogP contribution >= 0.6 is 0 Å². The fourth-order valence-electron chi connectivity index (χ4n) is 0. The molecule has 0 aliphatic heterocycles. The molecule has 0 saturated carbocycles. The molecular weight excluding hydrogens is 158 g/mol. The topological polar surface area (TPSA) is 50.2 Å². The summed E-state index contributed by atoms with van der Waals surface area (Å²) in [6.45, 7) is 0.292. The van der Waals surface area contributed by atoms with Gasteiger partial charge in [0.2, 0.25) is 0 Å². The van der Waals surface area contributed by atoms with Crippen molar-refractivity contribution >= 4 is 16.0 Å². The van der Waals surface area contributed by atoms with E-state index in [2.05, 4.69) is 16.0 Å². The van der Waals surface area contributed by atoms with Crippen molar-refractivity contribution in [1.29, 1.82) is 0 Å². The van der Waals surface area contributed by atoms with E-state index in [1.165, 1.54) is 0 Å². The molecule has 0 spiro atoms. The minimum absolute atomic E-state index is 0. The van der Waals surface area contributed by atoms with Crippen molar-refractivity contribution < 1.29 is 40.1 Å². The minimum Gasteiger partial charge on any atom is -0.870 e. The Morgan fingerprint density at radius 2 is 1.67 bits per heavy atom. The van der Waals surface area contributed by atoms with Gasteiger partial charge in [0, 0.05) is 0 Å². The number of aliphatic hydroxyl groups excluding tert-OH is 1. The molecule has 0 bridgehead atoms. The van der Waals surface area contributed by atoms with E-state index < -0.39 is 0 Å². The summed E-state index contributed by atoms with van der Waals surface area (Å²) in [6, 6.07) is 0. The molecule has 0 radical (unpaired) electrons. The zero-order valence-corrected chi connectivity index (χ0v) is 7.63. The van der Waals surface area contributed by atoms with Crippen molar-refractivity contribution in [2.24, 2.45) is 0 Å². The summed E-state index contributed by atoms with van der Waals surface area (Å²) in [7, 11) is 0. The average Bonchev–Trinajstić information content (AvgIpc) is 1.37. The van der Waals surface area contributed by atoms with Crippen LogP contribution in [0.2, 0.25) is 5.32 Å². The van der Waals surface area contributed by atoms with Crippen molar-refractivity contribution in [2.75, 3.05) is 6.61 Å². The minimum atomic E-state index is 0. The van der Waals surface area contributed by atoms with Crippen LogP contribution in [-0.4, -0.2) is 33.2 Å². The number of rotatable bonds is 1. The molecule has 0 aromatic heterocycles. The summed E-state index contributed by atoms with van der Waals surface area (Å²) in [5, 5.41) is 8.67. The molecule has 6 heavy (non-hydrogen) atoms. The second kappa shape index (κ2) is 16.1. The molecule has 0 atom stereocenters. The van der Waals surface area contributed by atoms with E-state index in [1.54, 1.807) is 0 Å². The smallest absolute Gasteiger partial charge is 0.870 e. The van der Waals surface area contributed by atoms with Crippen molar-refractivity contribution in [2.45, 2.75) is 5.32 Å². The van der Waals surface area contributed by atoms with Crippen LogP contribution in [0.15, 0.2) is 0 Å². The molecule has 4 heteroatoms. The van der Waals surface area contributed by atoms with E-state index in [0.29, 0.717) is 6.61 Å². The van der Waals surface area contributed by atoms with Gasteiger partial charge in [0.15, 0.2) is 0 Å². The summed E-state index contributed by atoms with van der Waals surface area (Å²) in [6.07, 6.45) is 0. The van der Waals surface area contributed by atoms with E-state index in [0.717, 1.165) is 5.32 Å². The largest absolute Gasteiger partial charge is 1.00 e. The zero-order chi connectivity index (χ0) is 3.41. The molecule has 0 rings (SSSR count). The van der Waals surface area contributed by atoms with Gasteiger partial charge in [-0.1, -0.05) is 0 Å². The molecule has 34 valence electrons. The van der Waals surface area contributed by atoms with Gasteiger partial charge in [-0.15, -0.1) is 0 Å². The molecule has 2 N–H and O–H groups in total. The first-order valence-electron chi connectivity index (χ1n) is 1.13. The third-order valence-electron chi connectivity index (χ3n) is 0.1000. The van der Waals surface area contributed by atoms with Gasteiger partial charge < -0.3 is 5.48 Å². The first-order chi connectivity index (χ1) is 1.91. The maximum absolute atomic E-state index is 7.86. The van der Waals surface area contributed by atoms with Crippen molar-refractivity contribution in [3.05, 3.63) is 0 Å². The second-order valence-corrected chi connectivity index (χ2v) is 1.39. The predicted octanol–water partition coefficient (Wildman–Crippen LogP) is -3.87. The fourth-order valence-corrected chi connectivity index (χ4v) is 0. The van der Waals surface area contributed by atoms with Gasteiger partial charge in [-0.3, -0.25) is 0 Å². The van der Waals surface area contributed by atoms with Crippen molar-refractivity contribution in [1.82, 2.24) is 0 Å². The Morgan fingerprint density at radius 1 is 1.50 bits per heavy atom. The maximum atomic E-state index is 7.86. The molecule has 0 aliphatic rings. The molecule has 0 aliphatic carbocycles. The van der Waals surface area contributed by atoms with Gasteiger partial charge >= 0.3 is 62.6 Å². The SMILES string of the molecule is OCC[SeH].[Na+].[OH-]. The summed E-state index contributed by atoms with van der Waals surface area (Å²) < 4.78 is 0. The van der Waals surface area contributed by atoms with Crippen LogP contribution in [0.5, 0.6) is 0 Å². The van der Waals surface area contributed by atoms with Gasteiger partial charge in [-0.05, 0) is 0 Å². The van der Waals surface area contributed by atoms with Crippen LogP contribution in [0.1, 0.15) is 0 Å². The first-order valence-corrected chi connectivity index (χ1v) is 2.46. The average molecular weight is 165 g/mol. The molecule has 0 unspecified atom stereocenters. The zero-order valence-electron chi connectivity index (χ0n) is 3.76. The second-order valence-electron chi connectivity index (χ2n) is 0.447. The van der Waals surface area contributed by atoms with Crippen LogP contribution in [-0.2, 0) is 0 Å². The number of aliphatic hydroxyl groups is 1. The Hall–Kier alpha value is 1.44. The van der Waals surface area contributed by atoms with Gasteiger partial charge in [-0.25, -0.2) is 0 Å². The first kappa shape index (κ1) is 15.7. The molecule has 2 nitrogen and oxygen atoms in total. The molecule has 0 saturated heterocycles. The molecule has 0 amide bonds. The molecule has 0 aromatic rings. The summed E-state index contributed by atoms with van der Waals surface area (Å²) in [5.74, 6) is 0. The van der Waals surface area contributed by atoms with Crippen LogP contribution < -0.4 is 29.6 Å².